The summed E-state index contributed by atoms with van der Waals surface area (Å²) in [5.41, 5.74) is 4.76. The Hall–Kier alpha value is -1.98. The van der Waals surface area contributed by atoms with Crippen LogP contribution in [0.5, 0.6) is 5.75 Å². The van der Waals surface area contributed by atoms with E-state index in [1.807, 2.05) is 18.2 Å². The summed E-state index contributed by atoms with van der Waals surface area (Å²) in [6.07, 6.45) is 5.77. The molecule has 2 atom stereocenters. The van der Waals surface area contributed by atoms with Gasteiger partial charge in [0.2, 0.25) is 0 Å². The first-order valence-electron chi connectivity index (χ1n) is 5.85. The molecule has 0 spiro atoms. The van der Waals surface area contributed by atoms with Gasteiger partial charge in [-0.25, -0.2) is 5.43 Å². The average Bonchev–Trinajstić information content (AvgIpc) is 2.84. The molecule has 3 rings (SSSR count). The monoisotopic (exact) mass is 242 g/mol. The molecule has 2 aromatic rings. The second-order valence-corrected chi connectivity index (χ2v) is 4.24. The van der Waals surface area contributed by atoms with Crippen LogP contribution in [0.3, 0.4) is 0 Å². The first kappa shape index (κ1) is 11.1. The lowest BCUT2D eigenvalue weighted by Crippen LogP contribution is -2.39. The Kier molecular flexibility index (Phi) is 2.92. The molecule has 0 bridgehead atoms. The molecule has 0 saturated heterocycles. The van der Waals surface area contributed by atoms with Crippen LogP contribution in [0.1, 0.15) is 17.3 Å². The van der Waals surface area contributed by atoms with Gasteiger partial charge in [0.1, 0.15) is 17.9 Å². The van der Waals surface area contributed by atoms with E-state index in [0.29, 0.717) is 0 Å². The molecule has 0 aliphatic carbocycles. The van der Waals surface area contributed by atoms with Crippen molar-refractivity contribution in [2.75, 3.05) is 0 Å². The van der Waals surface area contributed by atoms with Gasteiger partial charge in [-0.1, -0.05) is 18.2 Å². The van der Waals surface area contributed by atoms with Gasteiger partial charge >= 0.3 is 0 Å². The number of rotatable bonds is 3. The van der Waals surface area contributed by atoms with Crippen LogP contribution in [0.25, 0.3) is 0 Å². The van der Waals surface area contributed by atoms with E-state index in [-0.39, 0.29) is 12.1 Å². The van der Waals surface area contributed by atoms with E-state index in [9.17, 15) is 0 Å². The standard InChI is InChI=1S/C13H14N4O/c14-17-13(10-8-15-5-6-16-10)12-7-9-3-1-2-4-11(9)18-12/h1-6,8,12-13,17H,7,14H2. The van der Waals surface area contributed by atoms with E-state index >= 15 is 0 Å². The smallest absolute Gasteiger partial charge is 0.125 e. The van der Waals surface area contributed by atoms with Crippen LogP contribution in [0.4, 0.5) is 0 Å². The molecule has 3 N–H and O–H groups in total. The Labute approximate surface area is 105 Å². The van der Waals surface area contributed by atoms with Gasteiger partial charge in [-0.15, -0.1) is 0 Å². The van der Waals surface area contributed by atoms with E-state index in [4.69, 9.17) is 10.6 Å². The van der Waals surface area contributed by atoms with Crippen LogP contribution in [-0.4, -0.2) is 16.1 Å². The van der Waals surface area contributed by atoms with Crippen LogP contribution in [0, 0.1) is 0 Å². The molecular formula is C13H14N4O. The van der Waals surface area contributed by atoms with Gasteiger partial charge in [0.15, 0.2) is 0 Å². The van der Waals surface area contributed by atoms with Gasteiger partial charge in [0.25, 0.3) is 0 Å². The van der Waals surface area contributed by atoms with E-state index in [2.05, 4.69) is 21.5 Å². The first-order valence-corrected chi connectivity index (χ1v) is 5.85. The number of para-hydroxylation sites is 1. The number of aromatic nitrogens is 2. The molecule has 0 saturated carbocycles. The lowest BCUT2D eigenvalue weighted by molar-refractivity contribution is 0.176. The minimum Gasteiger partial charge on any atom is -0.488 e. The van der Waals surface area contributed by atoms with Gasteiger partial charge in [0.05, 0.1) is 11.9 Å². The molecule has 5 heteroatoms. The van der Waals surface area contributed by atoms with Crippen molar-refractivity contribution in [3.05, 3.63) is 54.1 Å². The molecule has 0 amide bonds. The predicted octanol–water partition coefficient (Wildman–Crippen LogP) is 0.985. The highest BCUT2D eigenvalue weighted by Crippen LogP contribution is 2.32. The molecule has 1 aromatic carbocycles. The largest absolute Gasteiger partial charge is 0.488 e. The lowest BCUT2D eigenvalue weighted by Gasteiger charge is -2.21. The van der Waals surface area contributed by atoms with Crippen molar-refractivity contribution >= 4 is 0 Å². The Morgan fingerprint density at radius 1 is 1.33 bits per heavy atom. The quantitative estimate of drug-likeness (QED) is 0.620. The zero-order valence-corrected chi connectivity index (χ0v) is 9.78. The van der Waals surface area contributed by atoms with Gasteiger partial charge in [-0.05, 0) is 11.6 Å². The third-order valence-electron chi connectivity index (χ3n) is 3.13. The molecule has 2 heterocycles. The maximum absolute atomic E-state index is 5.90. The van der Waals surface area contributed by atoms with Crippen molar-refractivity contribution in [3.63, 3.8) is 0 Å². The minimum absolute atomic E-state index is 0.0518. The van der Waals surface area contributed by atoms with Crippen LogP contribution in [-0.2, 0) is 6.42 Å². The van der Waals surface area contributed by atoms with E-state index < -0.39 is 0 Å². The summed E-state index contributed by atoms with van der Waals surface area (Å²) in [6, 6.07) is 7.86. The third-order valence-corrected chi connectivity index (χ3v) is 3.13. The van der Waals surface area contributed by atoms with Crippen LogP contribution in [0.15, 0.2) is 42.9 Å². The number of hydrogen-bond acceptors (Lipinski definition) is 5. The molecular weight excluding hydrogens is 228 g/mol. The number of hydrogen-bond donors (Lipinski definition) is 2. The van der Waals surface area contributed by atoms with E-state index in [1.54, 1.807) is 18.6 Å². The van der Waals surface area contributed by atoms with Gasteiger partial charge < -0.3 is 4.74 Å². The number of nitrogens with zero attached hydrogens (tertiary/aromatic N) is 2. The lowest BCUT2D eigenvalue weighted by atomic mass is 10.0. The van der Waals surface area contributed by atoms with Crippen molar-refractivity contribution < 1.29 is 4.74 Å². The predicted molar refractivity (Wildman–Crippen MR) is 66.7 cm³/mol. The Bertz CT molecular complexity index is 507. The molecule has 1 aliphatic rings. The van der Waals surface area contributed by atoms with Crippen LogP contribution in [0.2, 0.25) is 0 Å². The van der Waals surface area contributed by atoms with Crippen molar-refractivity contribution in [1.82, 2.24) is 15.4 Å². The summed E-state index contributed by atoms with van der Waals surface area (Å²) < 4.78 is 5.90. The van der Waals surface area contributed by atoms with Gasteiger partial charge in [0, 0.05) is 18.8 Å². The molecule has 18 heavy (non-hydrogen) atoms. The van der Waals surface area contributed by atoms with E-state index in [1.165, 1.54) is 5.56 Å². The Balaban J connectivity index is 1.84. The second-order valence-electron chi connectivity index (χ2n) is 4.24. The normalized spacial score (nSPS) is 19.1. The highest BCUT2D eigenvalue weighted by Gasteiger charge is 2.31. The Morgan fingerprint density at radius 2 is 2.22 bits per heavy atom. The number of hydrazine groups is 1. The summed E-state index contributed by atoms with van der Waals surface area (Å²) >= 11 is 0. The zero-order chi connectivity index (χ0) is 12.4. The van der Waals surface area contributed by atoms with Crippen molar-refractivity contribution in [3.8, 4) is 5.75 Å². The number of nitrogens with one attached hydrogen (secondary N) is 1. The zero-order valence-electron chi connectivity index (χ0n) is 9.78. The Morgan fingerprint density at radius 3 is 2.94 bits per heavy atom. The van der Waals surface area contributed by atoms with Crippen LogP contribution < -0.4 is 16.0 Å². The number of fused-ring (bicyclic) bond motifs is 1. The molecule has 1 aromatic heterocycles. The fourth-order valence-electron chi connectivity index (χ4n) is 2.25. The minimum atomic E-state index is -0.161. The summed E-state index contributed by atoms with van der Waals surface area (Å²) in [6.45, 7) is 0. The number of ether oxygens (including phenoxy) is 1. The maximum atomic E-state index is 5.90. The topological polar surface area (TPSA) is 73.1 Å². The molecule has 1 aliphatic heterocycles. The fourth-order valence-corrected chi connectivity index (χ4v) is 2.25. The molecule has 5 nitrogen and oxygen atoms in total. The second kappa shape index (κ2) is 4.72. The van der Waals surface area contributed by atoms with Gasteiger partial charge in [-0.3, -0.25) is 15.8 Å². The number of nitrogens with two attached hydrogens (primary N) is 1. The summed E-state index contributed by atoms with van der Waals surface area (Å²) in [7, 11) is 0. The highest BCUT2D eigenvalue weighted by molar-refractivity contribution is 5.38. The summed E-state index contributed by atoms with van der Waals surface area (Å²) in [5.74, 6) is 6.54. The molecule has 92 valence electrons. The van der Waals surface area contributed by atoms with E-state index in [0.717, 1.165) is 17.9 Å². The molecule has 0 radical (unpaired) electrons. The molecule has 0 fully saturated rings. The van der Waals surface area contributed by atoms with Gasteiger partial charge in [-0.2, -0.15) is 0 Å². The SMILES string of the molecule is NNC(c1cnccn1)C1Cc2ccccc2O1. The summed E-state index contributed by atoms with van der Waals surface area (Å²) in [5, 5.41) is 0. The van der Waals surface area contributed by atoms with Crippen molar-refractivity contribution in [1.29, 1.82) is 0 Å². The van der Waals surface area contributed by atoms with Crippen molar-refractivity contribution in [2.45, 2.75) is 18.6 Å². The first-order chi connectivity index (χ1) is 8.88. The maximum Gasteiger partial charge on any atom is 0.125 e. The average molecular weight is 242 g/mol. The van der Waals surface area contributed by atoms with Crippen molar-refractivity contribution in [2.24, 2.45) is 5.84 Å². The third kappa shape index (κ3) is 1.94. The van der Waals surface area contributed by atoms with Crippen LogP contribution >= 0.6 is 0 Å². The summed E-state index contributed by atoms with van der Waals surface area (Å²) in [4.78, 5) is 8.33. The highest BCUT2D eigenvalue weighted by atomic mass is 16.5. The number of benzene rings is 1. The molecule has 2 unspecified atom stereocenters. The fraction of sp³-hybridized carbons (Fsp3) is 0.231.